The van der Waals surface area contributed by atoms with E-state index in [0.29, 0.717) is 40.7 Å². The third-order valence-corrected chi connectivity index (χ3v) is 9.10. The van der Waals surface area contributed by atoms with Crippen molar-refractivity contribution < 1.29 is 14.3 Å². The predicted octanol–water partition coefficient (Wildman–Crippen LogP) is 4.76. The van der Waals surface area contributed by atoms with Crippen LogP contribution in [0.15, 0.2) is 48.1 Å². The van der Waals surface area contributed by atoms with E-state index >= 15 is 0 Å². The van der Waals surface area contributed by atoms with E-state index in [1.165, 1.54) is 11.3 Å². The lowest BCUT2D eigenvalue weighted by atomic mass is 10.1. The van der Waals surface area contributed by atoms with Crippen LogP contribution < -0.4 is 20.7 Å². The summed E-state index contributed by atoms with van der Waals surface area (Å²) in [5.41, 5.74) is 5.18. The number of carbonyl (C=O) groups is 2. The first-order valence-corrected chi connectivity index (χ1v) is 16.0. The minimum Gasteiger partial charge on any atom is -0.487 e. The summed E-state index contributed by atoms with van der Waals surface area (Å²) in [6.45, 7) is 5.56. The molecule has 7 rings (SSSR count). The van der Waals surface area contributed by atoms with Crippen LogP contribution >= 0.6 is 11.3 Å². The number of amides is 2. The lowest BCUT2D eigenvalue weighted by Gasteiger charge is -2.17. The maximum absolute atomic E-state index is 13.2. The average molecular weight is 626 g/mol. The number of hydrogen-bond acceptors (Lipinski definition) is 9. The fourth-order valence-corrected chi connectivity index (χ4v) is 6.34. The van der Waals surface area contributed by atoms with Gasteiger partial charge in [-0.3, -0.25) is 19.2 Å². The van der Waals surface area contributed by atoms with E-state index in [2.05, 4.69) is 35.9 Å². The van der Waals surface area contributed by atoms with Crippen LogP contribution in [0.25, 0.3) is 22.2 Å². The van der Waals surface area contributed by atoms with Crippen molar-refractivity contribution in [3.8, 4) is 17.0 Å². The number of aromatic amines is 1. The number of thiophene rings is 1. The Bertz CT molecular complexity index is 1870. The number of nitrogens with zero attached hydrogens (tertiary/aromatic N) is 5. The lowest BCUT2D eigenvalue weighted by molar-refractivity contribution is -0.117. The maximum atomic E-state index is 13.2. The molecule has 232 valence electrons. The molecule has 1 aromatic carbocycles. The number of para-hydroxylation sites is 1. The smallest absolute Gasteiger partial charge is 0.265 e. The number of rotatable bonds is 10. The van der Waals surface area contributed by atoms with Crippen LogP contribution in [-0.4, -0.2) is 73.2 Å². The normalized spacial score (nSPS) is 16.6. The molecule has 4 aromatic heterocycles. The molecule has 0 radical (unpaired) electrons. The Hall–Kier alpha value is -4.75. The number of H-pyrrole nitrogens is 1. The van der Waals surface area contributed by atoms with Gasteiger partial charge in [0, 0.05) is 61.3 Å². The van der Waals surface area contributed by atoms with Crippen LogP contribution in [0.3, 0.4) is 0 Å². The second kappa shape index (κ2) is 12.0. The molecule has 2 aliphatic rings. The Morgan fingerprint density at radius 3 is 2.84 bits per heavy atom. The summed E-state index contributed by atoms with van der Waals surface area (Å²) in [6, 6.07) is 9.93. The van der Waals surface area contributed by atoms with Gasteiger partial charge >= 0.3 is 0 Å². The summed E-state index contributed by atoms with van der Waals surface area (Å²) >= 11 is 1.40. The number of likely N-dealkylation sites (tertiary alicyclic amines) is 1. The van der Waals surface area contributed by atoms with E-state index in [1.807, 2.05) is 62.8 Å². The van der Waals surface area contributed by atoms with Gasteiger partial charge in [0.25, 0.3) is 5.91 Å². The summed E-state index contributed by atoms with van der Waals surface area (Å²) in [5.74, 6) is 1.59. The molecule has 5 aromatic rings. The second-order valence-corrected chi connectivity index (χ2v) is 12.7. The quantitative estimate of drug-likeness (QED) is 0.174. The molecule has 4 N–H and O–H groups in total. The molecule has 1 aliphatic heterocycles. The molecule has 0 bridgehead atoms. The van der Waals surface area contributed by atoms with Crippen LogP contribution in [0.2, 0.25) is 0 Å². The zero-order valence-corrected chi connectivity index (χ0v) is 26.2. The highest BCUT2D eigenvalue weighted by molar-refractivity contribution is 7.12. The fourth-order valence-electron chi connectivity index (χ4n) is 5.61. The third kappa shape index (κ3) is 6.26. The van der Waals surface area contributed by atoms with Crippen molar-refractivity contribution in [2.75, 3.05) is 30.3 Å². The topological polar surface area (TPSA) is 142 Å². The number of benzene rings is 1. The first-order valence-electron chi connectivity index (χ1n) is 15.1. The van der Waals surface area contributed by atoms with Crippen molar-refractivity contribution in [2.24, 2.45) is 7.05 Å². The van der Waals surface area contributed by atoms with Crippen molar-refractivity contribution in [3.63, 3.8) is 0 Å². The molecule has 2 fully saturated rings. The van der Waals surface area contributed by atoms with Gasteiger partial charge in [0.05, 0.1) is 23.4 Å². The van der Waals surface area contributed by atoms with Gasteiger partial charge in [0.1, 0.15) is 16.7 Å². The van der Waals surface area contributed by atoms with E-state index in [4.69, 9.17) is 9.72 Å². The van der Waals surface area contributed by atoms with Crippen LogP contribution in [0.5, 0.6) is 5.75 Å². The summed E-state index contributed by atoms with van der Waals surface area (Å²) in [6.07, 6.45) is 6.50. The van der Waals surface area contributed by atoms with Gasteiger partial charge in [-0.25, -0.2) is 9.97 Å². The van der Waals surface area contributed by atoms with E-state index in [0.717, 1.165) is 59.2 Å². The number of fused-ring (bicyclic) bond motifs is 1. The Morgan fingerprint density at radius 1 is 1.18 bits per heavy atom. The van der Waals surface area contributed by atoms with Crippen molar-refractivity contribution in [1.82, 2.24) is 34.9 Å². The molecule has 2 amide bonds. The van der Waals surface area contributed by atoms with Gasteiger partial charge in [0.15, 0.2) is 5.82 Å². The van der Waals surface area contributed by atoms with E-state index in [-0.39, 0.29) is 24.5 Å². The van der Waals surface area contributed by atoms with Gasteiger partial charge in [-0.1, -0.05) is 12.1 Å². The SMILES string of the molecule is Cc1cnc(Nc2cc(C)n(C)n2)nc1-c1c[nH]c2c(NC(=O)CN3CC[C@H](Oc4ccsc4C(=O)NC4CC4)C3)cccc12. The first kappa shape index (κ1) is 29.0. The highest BCUT2D eigenvalue weighted by Crippen LogP contribution is 2.34. The molecule has 5 heterocycles. The average Bonchev–Trinajstić information content (AvgIpc) is 3.35. The summed E-state index contributed by atoms with van der Waals surface area (Å²) in [4.78, 5) is 41.0. The molecule has 0 unspecified atom stereocenters. The number of carbonyl (C=O) groups excluding carboxylic acids is 2. The Kier molecular flexibility index (Phi) is 7.71. The molecule has 0 spiro atoms. The summed E-state index contributed by atoms with van der Waals surface area (Å²) < 4.78 is 8.00. The first-order chi connectivity index (χ1) is 21.8. The lowest BCUT2D eigenvalue weighted by Crippen LogP contribution is -2.33. The molecule has 1 saturated heterocycles. The summed E-state index contributed by atoms with van der Waals surface area (Å²) in [7, 11) is 1.89. The second-order valence-electron chi connectivity index (χ2n) is 11.7. The van der Waals surface area contributed by atoms with Crippen LogP contribution in [-0.2, 0) is 11.8 Å². The Balaban J connectivity index is 1.00. The minimum atomic E-state index is -0.102. The minimum absolute atomic E-state index is 0.0649. The van der Waals surface area contributed by atoms with Crippen molar-refractivity contribution in [1.29, 1.82) is 0 Å². The maximum Gasteiger partial charge on any atom is 0.265 e. The van der Waals surface area contributed by atoms with Crippen molar-refractivity contribution in [2.45, 2.75) is 45.3 Å². The van der Waals surface area contributed by atoms with Crippen LogP contribution in [0.1, 0.15) is 40.2 Å². The molecular formula is C32H35N9O3S. The van der Waals surface area contributed by atoms with Gasteiger partial charge in [-0.15, -0.1) is 11.3 Å². The van der Waals surface area contributed by atoms with Crippen molar-refractivity contribution in [3.05, 3.63) is 64.2 Å². The van der Waals surface area contributed by atoms with Crippen molar-refractivity contribution >= 4 is 51.5 Å². The molecular weight excluding hydrogens is 590 g/mol. The van der Waals surface area contributed by atoms with Crippen LogP contribution in [0.4, 0.5) is 17.5 Å². The Morgan fingerprint density at radius 2 is 2.04 bits per heavy atom. The highest BCUT2D eigenvalue weighted by atomic mass is 32.1. The number of aryl methyl sites for hydroxylation is 3. The van der Waals surface area contributed by atoms with Gasteiger partial charge in [0.2, 0.25) is 11.9 Å². The zero-order chi connectivity index (χ0) is 31.1. The van der Waals surface area contributed by atoms with E-state index in [9.17, 15) is 9.59 Å². The standard InChI is InChI=1S/C32H35N9O3S/c1-18-14-34-32(37-26-13-19(2)40(3)39-26)38-28(18)23-15-33-29-22(23)5-4-6-24(29)36-27(42)17-41-11-9-21(16-41)44-25-10-12-45-30(25)31(43)35-20-7-8-20/h4-6,10,12-15,20-21,33H,7-9,11,16-17H2,1-3H3,(H,35,43)(H,36,42)(H,34,37,38,39)/t21-/m0/s1. The largest absolute Gasteiger partial charge is 0.487 e. The number of nitrogens with one attached hydrogen (secondary N) is 4. The monoisotopic (exact) mass is 625 g/mol. The highest BCUT2D eigenvalue weighted by Gasteiger charge is 2.29. The van der Waals surface area contributed by atoms with Gasteiger partial charge in [-0.2, -0.15) is 5.10 Å². The molecule has 1 aliphatic carbocycles. The van der Waals surface area contributed by atoms with Crippen LogP contribution in [0, 0.1) is 13.8 Å². The predicted molar refractivity (Wildman–Crippen MR) is 174 cm³/mol. The van der Waals surface area contributed by atoms with Gasteiger partial charge in [-0.05, 0) is 56.2 Å². The molecule has 1 saturated carbocycles. The zero-order valence-electron chi connectivity index (χ0n) is 25.4. The Labute approximate surface area is 264 Å². The number of hydrogen-bond donors (Lipinski definition) is 4. The fraction of sp³-hybridized carbons (Fsp3) is 0.344. The number of ether oxygens (including phenoxy) is 1. The number of aromatic nitrogens is 5. The van der Waals surface area contributed by atoms with E-state index < -0.39 is 0 Å². The molecule has 13 heteroatoms. The van der Waals surface area contributed by atoms with Gasteiger partial charge < -0.3 is 25.7 Å². The molecule has 1 atom stereocenters. The number of anilines is 3. The third-order valence-electron chi connectivity index (χ3n) is 8.21. The summed E-state index contributed by atoms with van der Waals surface area (Å²) in [5, 5.41) is 16.6. The molecule has 45 heavy (non-hydrogen) atoms. The van der Waals surface area contributed by atoms with E-state index in [1.54, 1.807) is 10.9 Å². The molecule has 12 nitrogen and oxygen atoms in total.